The second-order valence-corrected chi connectivity index (χ2v) is 4.64. The lowest BCUT2D eigenvalue weighted by atomic mass is 10.2. The smallest absolute Gasteiger partial charge is 0.162 e. The van der Waals surface area contributed by atoms with E-state index in [2.05, 4.69) is 17.5 Å². The van der Waals surface area contributed by atoms with Crippen LogP contribution in [0.2, 0.25) is 0 Å². The number of methoxy groups -OCH3 is 1. The minimum absolute atomic E-state index is 0.529. The summed E-state index contributed by atoms with van der Waals surface area (Å²) in [5.74, 6) is 1.50. The van der Waals surface area contributed by atoms with Gasteiger partial charge in [-0.3, -0.25) is 0 Å². The van der Waals surface area contributed by atoms with Gasteiger partial charge in [0.05, 0.1) is 7.11 Å². The second-order valence-electron chi connectivity index (χ2n) is 4.64. The molecule has 0 unspecified atom stereocenters. The minimum Gasteiger partial charge on any atom is -0.493 e. The van der Waals surface area contributed by atoms with Crippen LogP contribution < -0.4 is 14.8 Å². The van der Waals surface area contributed by atoms with Crippen LogP contribution in [0.15, 0.2) is 54.6 Å². The van der Waals surface area contributed by atoms with Crippen molar-refractivity contribution in [2.45, 2.75) is 6.61 Å². The number of benzene rings is 2. The van der Waals surface area contributed by atoms with E-state index in [0.717, 1.165) is 29.2 Å². The molecule has 0 heterocycles. The molecule has 0 aliphatic heterocycles. The fourth-order valence-corrected chi connectivity index (χ4v) is 1.96. The van der Waals surface area contributed by atoms with E-state index in [1.54, 1.807) is 7.11 Å². The Morgan fingerprint density at radius 3 is 2.57 bits per heavy atom. The van der Waals surface area contributed by atoms with Crippen molar-refractivity contribution in [3.63, 3.8) is 0 Å². The molecular weight excluding hydrogens is 262 g/mol. The van der Waals surface area contributed by atoms with Gasteiger partial charge in [0.15, 0.2) is 11.5 Å². The molecule has 0 atom stereocenters. The van der Waals surface area contributed by atoms with Gasteiger partial charge in [-0.1, -0.05) is 48.6 Å². The lowest BCUT2D eigenvalue weighted by molar-refractivity contribution is 0.284. The molecule has 0 radical (unpaired) electrons. The Labute approximate surface area is 126 Å². The number of ether oxygens (including phenoxy) is 2. The maximum atomic E-state index is 5.89. The molecule has 0 aliphatic rings. The van der Waals surface area contributed by atoms with Gasteiger partial charge in [0.25, 0.3) is 0 Å². The largest absolute Gasteiger partial charge is 0.493 e. The monoisotopic (exact) mass is 283 g/mol. The van der Waals surface area contributed by atoms with Gasteiger partial charge in [0.2, 0.25) is 0 Å². The van der Waals surface area contributed by atoms with Crippen molar-refractivity contribution in [2.75, 3.05) is 20.7 Å². The summed E-state index contributed by atoms with van der Waals surface area (Å²) in [5.41, 5.74) is 2.23. The van der Waals surface area contributed by atoms with Crippen molar-refractivity contribution in [3.8, 4) is 11.5 Å². The molecule has 3 heteroatoms. The van der Waals surface area contributed by atoms with Crippen LogP contribution >= 0.6 is 0 Å². The van der Waals surface area contributed by atoms with Crippen LogP contribution in [0.1, 0.15) is 11.1 Å². The molecule has 0 aromatic heterocycles. The van der Waals surface area contributed by atoms with Gasteiger partial charge in [0, 0.05) is 6.54 Å². The lowest BCUT2D eigenvalue weighted by Gasteiger charge is -2.11. The fourth-order valence-electron chi connectivity index (χ4n) is 1.96. The topological polar surface area (TPSA) is 30.5 Å². The first-order valence-corrected chi connectivity index (χ1v) is 6.99. The molecule has 0 saturated carbocycles. The lowest BCUT2D eigenvalue weighted by Crippen LogP contribution is -2.03. The van der Waals surface area contributed by atoms with Crippen molar-refractivity contribution in [1.82, 2.24) is 5.32 Å². The van der Waals surface area contributed by atoms with Crippen molar-refractivity contribution < 1.29 is 9.47 Å². The van der Waals surface area contributed by atoms with Crippen molar-refractivity contribution in [1.29, 1.82) is 0 Å². The maximum absolute atomic E-state index is 5.89. The number of rotatable bonds is 7. The van der Waals surface area contributed by atoms with E-state index in [0.29, 0.717) is 6.61 Å². The standard InChI is InChI=1S/C18H21NO2/c1-19-12-6-9-15-10-11-17(20-2)18(13-15)21-14-16-7-4-3-5-8-16/h3-11,13,19H,12,14H2,1-2H3. The third-order valence-electron chi connectivity index (χ3n) is 3.06. The van der Waals surface area contributed by atoms with Gasteiger partial charge < -0.3 is 14.8 Å². The molecule has 21 heavy (non-hydrogen) atoms. The Hall–Kier alpha value is -2.26. The summed E-state index contributed by atoms with van der Waals surface area (Å²) in [5, 5.41) is 3.08. The third kappa shape index (κ3) is 4.65. The number of hydrogen-bond donors (Lipinski definition) is 1. The fraction of sp³-hybridized carbons (Fsp3) is 0.222. The Kier molecular flexibility index (Phi) is 5.85. The molecule has 2 aromatic carbocycles. The van der Waals surface area contributed by atoms with E-state index in [-0.39, 0.29) is 0 Å². The molecule has 0 spiro atoms. The zero-order chi connectivity index (χ0) is 14.9. The average molecular weight is 283 g/mol. The van der Waals surface area contributed by atoms with E-state index in [1.807, 2.05) is 55.6 Å². The molecule has 0 saturated heterocycles. The van der Waals surface area contributed by atoms with E-state index >= 15 is 0 Å². The molecule has 2 rings (SSSR count). The van der Waals surface area contributed by atoms with Crippen LogP contribution in [-0.2, 0) is 6.61 Å². The molecule has 1 N–H and O–H groups in total. The highest BCUT2D eigenvalue weighted by atomic mass is 16.5. The summed E-state index contributed by atoms with van der Waals surface area (Å²) in [6, 6.07) is 16.0. The van der Waals surface area contributed by atoms with Crippen molar-refractivity contribution in [3.05, 3.63) is 65.7 Å². The number of nitrogens with one attached hydrogen (secondary N) is 1. The van der Waals surface area contributed by atoms with E-state index in [1.165, 1.54) is 0 Å². The highest BCUT2D eigenvalue weighted by molar-refractivity contribution is 5.56. The van der Waals surface area contributed by atoms with Gasteiger partial charge in [0.1, 0.15) is 6.61 Å². The SMILES string of the molecule is CNCC=Cc1ccc(OC)c(OCc2ccccc2)c1. The van der Waals surface area contributed by atoms with E-state index < -0.39 is 0 Å². The molecular formula is C18H21NO2. The van der Waals surface area contributed by atoms with Crippen molar-refractivity contribution >= 4 is 6.08 Å². The zero-order valence-electron chi connectivity index (χ0n) is 12.5. The summed E-state index contributed by atoms with van der Waals surface area (Å²) in [7, 11) is 3.58. The Bertz CT molecular complexity index is 579. The molecule has 0 aliphatic carbocycles. The van der Waals surface area contributed by atoms with Gasteiger partial charge in [-0.25, -0.2) is 0 Å². The molecule has 0 fully saturated rings. The molecule has 2 aromatic rings. The first-order chi connectivity index (χ1) is 10.3. The van der Waals surface area contributed by atoms with Crippen LogP contribution in [0.4, 0.5) is 0 Å². The first-order valence-electron chi connectivity index (χ1n) is 6.99. The number of likely N-dealkylation sites (N-methyl/N-ethyl adjacent to an activating group) is 1. The van der Waals surface area contributed by atoms with Crippen molar-refractivity contribution in [2.24, 2.45) is 0 Å². The Morgan fingerprint density at radius 1 is 1.05 bits per heavy atom. The van der Waals surface area contributed by atoms with Crippen LogP contribution in [-0.4, -0.2) is 20.7 Å². The van der Waals surface area contributed by atoms with Crippen LogP contribution in [0.3, 0.4) is 0 Å². The van der Waals surface area contributed by atoms with E-state index in [9.17, 15) is 0 Å². The molecule has 0 amide bonds. The highest BCUT2D eigenvalue weighted by Crippen LogP contribution is 2.29. The predicted octanol–water partition coefficient (Wildman–Crippen LogP) is 3.51. The second kappa shape index (κ2) is 8.12. The van der Waals surface area contributed by atoms with Crippen LogP contribution in [0, 0.1) is 0 Å². The Morgan fingerprint density at radius 2 is 1.86 bits per heavy atom. The summed E-state index contributed by atoms with van der Waals surface area (Å²) in [6.07, 6.45) is 4.13. The normalized spacial score (nSPS) is 10.8. The zero-order valence-corrected chi connectivity index (χ0v) is 12.5. The number of hydrogen-bond acceptors (Lipinski definition) is 3. The minimum atomic E-state index is 0.529. The predicted molar refractivity (Wildman–Crippen MR) is 86.7 cm³/mol. The molecule has 3 nitrogen and oxygen atoms in total. The van der Waals surface area contributed by atoms with Crippen LogP contribution in [0.25, 0.3) is 6.08 Å². The van der Waals surface area contributed by atoms with Gasteiger partial charge in [-0.2, -0.15) is 0 Å². The summed E-state index contributed by atoms with van der Waals surface area (Å²) >= 11 is 0. The summed E-state index contributed by atoms with van der Waals surface area (Å²) in [4.78, 5) is 0. The summed E-state index contributed by atoms with van der Waals surface area (Å²) < 4.78 is 11.2. The van der Waals surface area contributed by atoms with Gasteiger partial charge in [-0.15, -0.1) is 0 Å². The first kappa shape index (κ1) is 15.1. The van der Waals surface area contributed by atoms with Gasteiger partial charge >= 0.3 is 0 Å². The maximum Gasteiger partial charge on any atom is 0.162 e. The Balaban J connectivity index is 2.10. The van der Waals surface area contributed by atoms with E-state index in [4.69, 9.17) is 9.47 Å². The third-order valence-corrected chi connectivity index (χ3v) is 3.06. The molecule has 0 bridgehead atoms. The summed E-state index contributed by atoms with van der Waals surface area (Å²) in [6.45, 7) is 1.37. The highest BCUT2D eigenvalue weighted by Gasteiger charge is 2.05. The quantitative estimate of drug-likeness (QED) is 0.843. The average Bonchev–Trinajstić information content (AvgIpc) is 2.54. The molecule has 110 valence electrons. The van der Waals surface area contributed by atoms with Crippen LogP contribution in [0.5, 0.6) is 11.5 Å². The van der Waals surface area contributed by atoms with Gasteiger partial charge in [-0.05, 0) is 30.3 Å².